The van der Waals surface area contributed by atoms with Crippen LogP contribution in [0.2, 0.25) is 0 Å². The molecular formula is C21H22N2O3. The third-order valence-corrected chi connectivity index (χ3v) is 3.65. The molecule has 5 nitrogen and oxygen atoms in total. The number of ether oxygens (including phenoxy) is 2. The Hall–Kier alpha value is -3.26. The summed E-state index contributed by atoms with van der Waals surface area (Å²) in [6, 6.07) is 14.8. The number of nitriles is 1. The molecule has 134 valence electrons. The first-order chi connectivity index (χ1) is 12.7. The van der Waals surface area contributed by atoms with E-state index < -0.39 is 0 Å². The quantitative estimate of drug-likeness (QED) is 0.737. The van der Waals surface area contributed by atoms with Gasteiger partial charge in [-0.3, -0.25) is 4.79 Å². The number of carbonyl (C=O) groups is 1. The van der Waals surface area contributed by atoms with Gasteiger partial charge in [0.2, 0.25) is 5.91 Å². The molecule has 26 heavy (non-hydrogen) atoms. The molecule has 0 aliphatic heterocycles. The molecule has 0 spiro atoms. The van der Waals surface area contributed by atoms with Gasteiger partial charge in [0.15, 0.2) is 11.5 Å². The van der Waals surface area contributed by atoms with Crippen LogP contribution in [0.3, 0.4) is 0 Å². The molecule has 1 amide bonds. The monoisotopic (exact) mass is 350 g/mol. The van der Waals surface area contributed by atoms with Crippen molar-refractivity contribution in [2.75, 3.05) is 13.7 Å². The van der Waals surface area contributed by atoms with Gasteiger partial charge >= 0.3 is 0 Å². The fourth-order valence-corrected chi connectivity index (χ4v) is 2.31. The fourth-order valence-electron chi connectivity index (χ4n) is 2.31. The highest BCUT2D eigenvalue weighted by atomic mass is 16.5. The molecule has 2 aromatic rings. The van der Waals surface area contributed by atoms with Gasteiger partial charge in [0.25, 0.3) is 0 Å². The van der Waals surface area contributed by atoms with Crippen molar-refractivity contribution < 1.29 is 14.3 Å². The minimum Gasteiger partial charge on any atom is -0.493 e. The summed E-state index contributed by atoms with van der Waals surface area (Å²) in [7, 11) is 1.59. The zero-order chi connectivity index (χ0) is 18.8. The average Bonchev–Trinajstić information content (AvgIpc) is 2.69. The van der Waals surface area contributed by atoms with Crippen molar-refractivity contribution >= 4 is 12.0 Å². The number of methoxy groups -OCH3 is 1. The number of amides is 1. The number of carbonyl (C=O) groups excluding carboxylic acids is 1. The SMILES string of the molecule is CCCOc1ccc(CNC(=O)/C=C/c2ccccc2C#N)cc1OC. The van der Waals surface area contributed by atoms with Gasteiger partial charge in [0.05, 0.1) is 25.3 Å². The number of nitrogens with zero attached hydrogens (tertiary/aromatic N) is 1. The molecule has 0 unspecified atom stereocenters. The summed E-state index contributed by atoms with van der Waals surface area (Å²) in [5.41, 5.74) is 2.15. The molecule has 0 aliphatic rings. The van der Waals surface area contributed by atoms with E-state index in [0.717, 1.165) is 12.0 Å². The van der Waals surface area contributed by atoms with Crippen molar-refractivity contribution in [1.82, 2.24) is 5.32 Å². The van der Waals surface area contributed by atoms with E-state index in [-0.39, 0.29) is 5.91 Å². The molecule has 2 rings (SSSR count). The lowest BCUT2D eigenvalue weighted by Gasteiger charge is -2.11. The van der Waals surface area contributed by atoms with Crippen LogP contribution in [0.1, 0.15) is 30.0 Å². The lowest BCUT2D eigenvalue weighted by Crippen LogP contribution is -2.20. The summed E-state index contributed by atoms with van der Waals surface area (Å²) in [6.07, 6.45) is 3.98. The molecule has 0 aliphatic carbocycles. The van der Waals surface area contributed by atoms with Crippen molar-refractivity contribution in [1.29, 1.82) is 5.26 Å². The van der Waals surface area contributed by atoms with Gasteiger partial charge in [-0.2, -0.15) is 5.26 Å². The molecular weight excluding hydrogens is 328 g/mol. The maximum Gasteiger partial charge on any atom is 0.244 e. The molecule has 0 radical (unpaired) electrons. The number of rotatable bonds is 8. The third-order valence-electron chi connectivity index (χ3n) is 3.65. The first kappa shape index (κ1) is 19.1. The molecule has 5 heteroatoms. The molecule has 0 bridgehead atoms. The Morgan fingerprint density at radius 2 is 2.04 bits per heavy atom. The minimum absolute atomic E-state index is 0.233. The van der Waals surface area contributed by atoms with Crippen molar-refractivity contribution in [2.45, 2.75) is 19.9 Å². The Bertz CT molecular complexity index is 822. The van der Waals surface area contributed by atoms with Crippen molar-refractivity contribution in [2.24, 2.45) is 0 Å². The van der Waals surface area contributed by atoms with E-state index in [0.29, 0.717) is 35.8 Å². The summed E-state index contributed by atoms with van der Waals surface area (Å²) in [5.74, 6) is 1.10. The zero-order valence-corrected chi connectivity index (χ0v) is 15.0. The van der Waals surface area contributed by atoms with Crippen LogP contribution in [-0.4, -0.2) is 19.6 Å². The molecule has 0 saturated heterocycles. The lowest BCUT2D eigenvalue weighted by molar-refractivity contribution is -0.116. The van der Waals surface area contributed by atoms with Gasteiger partial charge in [-0.25, -0.2) is 0 Å². The highest BCUT2D eigenvalue weighted by Gasteiger charge is 2.06. The van der Waals surface area contributed by atoms with E-state index >= 15 is 0 Å². The number of hydrogen-bond acceptors (Lipinski definition) is 4. The molecule has 0 saturated carbocycles. The topological polar surface area (TPSA) is 71.3 Å². The van der Waals surface area contributed by atoms with Gasteiger partial charge < -0.3 is 14.8 Å². The van der Waals surface area contributed by atoms with Crippen molar-refractivity contribution in [3.8, 4) is 17.6 Å². The molecule has 0 fully saturated rings. The smallest absolute Gasteiger partial charge is 0.244 e. The second-order valence-electron chi connectivity index (χ2n) is 5.58. The zero-order valence-electron chi connectivity index (χ0n) is 15.0. The van der Waals surface area contributed by atoms with E-state index in [2.05, 4.69) is 11.4 Å². The van der Waals surface area contributed by atoms with Crippen LogP contribution in [-0.2, 0) is 11.3 Å². The van der Waals surface area contributed by atoms with Crippen LogP contribution in [0.5, 0.6) is 11.5 Å². The predicted molar refractivity (Wildman–Crippen MR) is 101 cm³/mol. The minimum atomic E-state index is -0.233. The van der Waals surface area contributed by atoms with Gasteiger partial charge in [0, 0.05) is 12.6 Å². The predicted octanol–water partition coefficient (Wildman–Crippen LogP) is 3.69. The van der Waals surface area contributed by atoms with Gasteiger partial charge in [-0.1, -0.05) is 31.2 Å². The number of hydrogen-bond donors (Lipinski definition) is 1. The standard InChI is InChI=1S/C21H22N2O3/c1-3-12-26-19-10-8-16(13-20(19)25-2)15-23-21(24)11-9-17-6-4-5-7-18(17)14-22/h4-11,13H,3,12,15H2,1-2H3,(H,23,24)/b11-9+. The van der Waals surface area contributed by atoms with E-state index in [1.54, 1.807) is 31.4 Å². The van der Waals surface area contributed by atoms with Gasteiger partial charge in [-0.05, 0) is 41.8 Å². The normalized spacial score (nSPS) is 10.3. The second kappa shape index (κ2) is 9.90. The van der Waals surface area contributed by atoms with E-state index in [1.165, 1.54) is 6.08 Å². The second-order valence-corrected chi connectivity index (χ2v) is 5.58. The largest absolute Gasteiger partial charge is 0.493 e. The van der Waals surface area contributed by atoms with Crippen molar-refractivity contribution in [3.05, 3.63) is 65.2 Å². The van der Waals surface area contributed by atoms with Gasteiger partial charge in [-0.15, -0.1) is 0 Å². The summed E-state index contributed by atoms with van der Waals surface area (Å²) in [6.45, 7) is 3.04. The molecule has 0 atom stereocenters. The highest BCUT2D eigenvalue weighted by molar-refractivity contribution is 5.92. The Morgan fingerprint density at radius 3 is 2.77 bits per heavy atom. The Morgan fingerprint density at radius 1 is 1.23 bits per heavy atom. The highest BCUT2D eigenvalue weighted by Crippen LogP contribution is 2.28. The van der Waals surface area contributed by atoms with Crippen LogP contribution < -0.4 is 14.8 Å². The Kier molecular flexibility index (Phi) is 7.26. The lowest BCUT2D eigenvalue weighted by atomic mass is 10.1. The van der Waals surface area contributed by atoms with E-state index in [1.807, 2.05) is 31.2 Å². The van der Waals surface area contributed by atoms with Crippen LogP contribution in [0.4, 0.5) is 0 Å². The van der Waals surface area contributed by atoms with E-state index in [9.17, 15) is 4.79 Å². The molecule has 2 aromatic carbocycles. The first-order valence-electron chi connectivity index (χ1n) is 8.42. The first-order valence-corrected chi connectivity index (χ1v) is 8.42. The summed E-state index contributed by atoms with van der Waals surface area (Å²) < 4.78 is 11.0. The van der Waals surface area contributed by atoms with Crippen LogP contribution in [0, 0.1) is 11.3 Å². The molecule has 0 aromatic heterocycles. The number of benzene rings is 2. The Labute approximate surface area is 153 Å². The fraction of sp³-hybridized carbons (Fsp3) is 0.238. The Balaban J connectivity index is 1.96. The summed E-state index contributed by atoms with van der Waals surface area (Å²) in [5, 5.41) is 11.9. The molecule has 1 N–H and O–H groups in total. The van der Waals surface area contributed by atoms with Crippen LogP contribution in [0.15, 0.2) is 48.5 Å². The summed E-state index contributed by atoms with van der Waals surface area (Å²) >= 11 is 0. The van der Waals surface area contributed by atoms with E-state index in [4.69, 9.17) is 14.7 Å². The third kappa shape index (κ3) is 5.38. The summed E-state index contributed by atoms with van der Waals surface area (Å²) in [4.78, 5) is 12.0. The van der Waals surface area contributed by atoms with Crippen LogP contribution >= 0.6 is 0 Å². The van der Waals surface area contributed by atoms with Gasteiger partial charge in [0.1, 0.15) is 0 Å². The molecule has 0 heterocycles. The number of nitrogens with one attached hydrogen (secondary N) is 1. The maximum atomic E-state index is 12.0. The maximum absolute atomic E-state index is 12.0. The average molecular weight is 350 g/mol. The van der Waals surface area contributed by atoms with Crippen molar-refractivity contribution in [3.63, 3.8) is 0 Å². The van der Waals surface area contributed by atoms with Crippen LogP contribution in [0.25, 0.3) is 6.08 Å².